The van der Waals surface area contributed by atoms with Crippen molar-refractivity contribution in [2.24, 2.45) is 11.7 Å². The van der Waals surface area contributed by atoms with Gasteiger partial charge in [-0.2, -0.15) is 13.2 Å². The number of hydrogen-bond donors (Lipinski definition) is 2. The van der Waals surface area contributed by atoms with Gasteiger partial charge in [-0.25, -0.2) is 0 Å². The third-order valence-corrected chi connectivity index (χ3v) is 2.48. The SMILES string of the molecule is CC(C)C[C@H](N)c1cc(C(F)(F)F)ccc1O. The van der Waals surface area contributed by atoms with Crippen LogP contribution in [-0.4, -0.2) is 5.11 Å². The Kier molecular flexibility index (Phi) is 4.03. The number of halogens is 3. The summed E-state index contributed by atoms with van der Waals surface area (Å²) >= 11 is 0. The van der Waals surface area contributed by atoms with E-state index in [1.54, 1.807) is 0 Å². The molecule has 96 valence electrons. The summed E-state index contributed by atoms with van der Waals surface area (Å²) in [6.45, 7) is 3.84. The molecule has 2 nitrogen and oxygen atoms in total. The van der Waals surface area contributed by atoms with Gasteiger partial charge in [0.1, 0.15) is 5.75 Å². The van der Waals surface area contributed by atoms with Gasteiger partial charge in [0, 0.05) is 11.6 Å². The quantitative estimate of drug-likeness (QED) is 0.859. The number of aromatic hydroxyl groups is 1. The lowest BCUT2D eigenvalue weighted by Crippen LogP contribution is -2.14. The lowest BCUT2D eigenvalue weighted by molar-refractivity contribution is -0.137. The average molecular weight is 247 g/mol. The van der Waals surface area contributed by atoms with E-state index in [0.29, 0.717) is 6.42 Å². The van der Waals surface area contributed by atoms with E-state index >= 15 is 0 Å². The van der Waals surface area contributed by atoms with Crippen LogP contribution in [0.2, 0.25) is 0 Å². The van der Waals surface area contributed by atoms with Crippen LogP contribution in [0, 0.1) is 5.92 Å². The van der Waals surface area contributed by atoms with Crippen LogP contribution in [0.3, 0.4) is 0 Å². The molecule has 1 aromatic rings. The van der Waals surface area contributed by atoms with E-state index in [9.17, 15) is 18.3 Å². The zero-order valence-corrected chi connectivity index (χ0v) is 9.75. The molecule has 0 saturated carbocycles. The first kappa shape index (κ1) is 13.8. The summed E-state index contributed by atoms with van der Waals surface area (Å²) in [5.74, 6) is 0.0603. The van der Waals surface area contributed by atoms with Crippen LogP contribution in [0.1, 0.15) is 37.4 Å². The standard InChI is InChI=1S/C12H16F3NO/c1-7(2)5-10(16)9-6-8(12(13,14)15)3-4-11(9)17/h3-4,6-7,10,17H,5,16H2,1-2H3/t10-/m0/s1. The van der Waals surface area contributed by atoms with Gasteiger partial charge in [0.2, 0.25) is 0 Å². The minimum Gasteiger partial charge on any atom is -0.508 e. The number of phenols is 1. The van der Waals surface area contributed by atoms with Gasteiger partial charge in [-0.3, -0.25) is 0 Å². The molecule has 0 aliphatic rings. The molecule has 1 aromatic carbocycles. The summed E-state index contributed by atoms with van der Waals surface area (Å²) in [5.41, 5.74) is 5.14. The van der Waals surface area contributed by atoms with Crippen molar-refractivity contribution in [1.82, 2.24) is 0 Å². The van der Waals surface area contributed by atoms with Crippen LogP contribution in [0.25, 0.3) is 0 Å². The van der Waals surface area contributed by atoms with Gasteiger partial charge in [0.15, 0.2) is 0 Å². The van der Waals surface area contributed by atoms with Gasteiger partial charge >= 0.3 is 6.18 Å². The van der Waals surface area contributed by atoms with Gasteiger partial charge in [0.05, 0.1) is 5.56 Å². The highest BCUT2D eigenvalue weighted by molar-refractivity contribution is 5.39. The maximum absolute atomic E-state index is 12.5. The van der Waals surface area contributed by atoms with Crippen LogP contribution >= 0.6 is 0 Å². The summed E-state index contributed by atoms with van der Waals surface area (Å²) in [6, 6.07) is 2.22. The minimum atomic E-state index is -4.42. The minimum absolute atomic E-state index is 0.147. The topological polar surface area (TPSA) is 46.2 Å². The number of nitrogens with two attached hydrogens (primary N) is 1. The molecule has 3 N–H and O–H groups in total. The molecule has 0 aromatic heterocycles. The molecule has 0 aliphatic carbocycles. The summed E-state index contributed by atoms with van der Waals surface area (Å²) in [5, 5.41) is 9.54. The molecule has 0 aliphatic heterocycles. The predicted molar refractivity (Wildman–Crippen MR) is 59.5 cm³/mol. The zero-order chi connectivity index (χ0) is 13.2. The van der Waals surface area contributed by atoms with E-state index in [1.807, 2.05) is 13.8 Å². The Balaban J connectivity index is 3.06. The van der Waals surface area contributed by atoms with Crippen molar-refractivity contribution in [2.75, 3.05) is 0 Å². The highest BCUT2D eigenvalue weighted by atomic mass is 19.4. The zero-order valence-electron chi connectivity index (χ0n) is 9.75. The molecule has 0 heterocycles. The van der Waals surface area contributed by atoms with Crippen molar-refractivity contribution in [1.29, 1.82) is 0 Å². The Bertz CT molecular complexity index is 388. The number of benzene rings is 1. The van der Waals surface area contributed by atoms with Crippen molar-refractivity contribution < 1.29 is 18.3 Å². The number of hydrogen-bond acceptors (Lipinski definition) is 2. The van der Waals surface area contributed by atoms with Crippen LogP contribution in [0.4, 0.5) is 13.2 Å². The summed E-state index contributed by atoms with van der Waals surface area (Å²) in [6.07, 6.45) is -3.89. The second-order valence-corrected chi connectivity index (χ2v) is 4.51. The first-order valence-corrected chi connectivity index (χ1v) is 5.37. The Hall–Kier alpha value is -1.23. The Morgan fingerprint density at radius 1 is 1.29 bits per heavy atom. The van der Waals surface area contributed by atoms with Crippen LogP contribution < -0.4 is 5.73 Å². The van der Waals surface area contributed by atoms with Crippen LogP contribution in [0.5, 0.6) is 5.75 Å². The summed E-state index contributed by atoms with van der Waals surface area (Å²) < 4.78 is 37.5. The van der Waals surface area contributed by atoms with Crippen LogP contribution in [-0.2, 0) is 6.18 Å². The van der Waals surface area contributed by atoms with Gasteiger partial charge in [0.25, 0.3) is 0 Å². The molecule has 0 saturated heterocycles. The van der Waals surface area contributed by atoms with Crippen molar-refractivity contribution in [2.45, 2.75) is 32.5 Å². The fourth-order valence-corrected chi connectivity index (χ4v) is 1.66. The van der Waals surface area contributed by atoms with E-state index < -0.39 is 17.8 Å². The highest BCUT2D eigenvalue weighted by Crippen LogP contribution is 2.35. The van der Waals surface area contributed by atoms with Crippen molar-refractivity contribution in [3.05, 3.63) is 29.3 Å². The molecule has 1 atom stereocenters. The molecule has 0 unspecified atom stereocenters. The van der Waals surface area contributed by atoms with Crippen molar-refractivity contribution >= 4 is 0 Å². The van der Waals surface area contributed by atoms with E-state index in [4.69, 9.17) is 5.73 Å². The maximum atomic E-state index is 12.5. The highest BCUT2D eigenvalue weighted by Gasteiger charge is 2.31. The molecule has 0 fully saturated rings. The Morgan fingerprint density at radius 3 is 2.35 bits per heavy atom. The smallest absolute Gasteiger partial charge is 0.416 e. The molecule has 1 rings (SSSR count). The fraction of sp³-hybridized carbons (Fsp3) is 0.500. The predicted octanol–water partition coefficient (Wildman–Crippen LogP) is 3.46. The van der Waals surface area contributed by atoms with Gasteiger partial charge in [-0.1, -0.05) is 13.8 Å². The third kappa shape index (κ3) is 3.63. The monoisotopic (exact) mass is 247 g/mol. The second-order valence-electron chi connectivity index (χ2n) is 4.51. The van der Waals surface area contributed by atoms with Crippen molar-refractivity contribution in [3.8, 4) is 5.75 Å². The largest absolute Gasteiger partial charge is 0.508 e. The average Bonchev–Trinajstić information content (AvgIpc) is 2.15. The van der Waals surface area contributed by atoms with Gasteiger partial charge < -0.3 is 10.8 Å². The second kappa shape index (κ2) is 4.96. The lowest BCUT2D eigenvalue weighted by atomic mass is 9.95. The third-order valence-electron chi connectivity index (χ3n) is 2.48. The number of alkyl halides is 3. The van der Waals surface area contributed by atoms with E-state index in [2.05, 4.69) is 0 Å². The maximum Gasteiger partial charge on any atom is 0.416 e. The first-order chi connectivity index (χ1) is 7.71. The van der Waals surface area contributed by atoms with Gasteiger partial charge in [-0.15, -0.1) is 0 Å². The molecule has 0 amide bonds. The Labute approximate surface area is 98.3 Å². The van der Waals surface area contributed by atoms with E-state index in [1.165, 1.54) is 0 Å². The summed E-state index contributed by atoms with van der Waals surface area (Å²) in [7, 11) is 0. The van der Waals surface area contributed by atoms with Crippen molar-refractivity contribution in [3.63, 3.8) is 0 Å². The van der Waals surface area contributed by atoms with E-state index in [0.717, 1.165) is 18.2 Å². The lowest BCUT2D eigenvalue weighted by Gasteiger charge is -2.17. The number of rotatable bonds is 3. The van der Waals surface area contributed by atoms with Gasteiger partial charge in [-0.05, 0) is 30.5 Å². The van der Waals surface area contributed by atoms with Crippen LogP contribution in [0.15, 0.2) is 18.2 Å². The fourth-order valence-electron chi connectivity index (χ4n) is 1.66. The molecule has 17 heavy (non-hydrogen) atoms. The normalized spacial score (nSPS) is 14.1. The van der Waals surface area contributed by atoms with E-state index in [-0.39, 0.29) is 17.2 Å². The summed E-state index contributed by atoms with van der Waals surface area (Å²) in [4.78, 5) is 0. The Morgan fingerprint density at radius 2 is 1.88 bits per heavy atom. The molecule has 5 heteroatoms. The first-order valence-electron chi connectivity index (χ1n) is 5.37. The molecular formula is C12H16F3NO. The number of phenolic OH excluding ortho intramolecular Hbond substituents is 1. The molecule has 0 bridgehead atoms. The molecule has 0 radical (unpaired) electrons. The molecule has 0 spiro atoms. The molecular weight excluding hydrogens is 231 g/mol.